The first-order valence-corrected chi connectivity index (χ1v) is 11.9. The first-order chi connectivity index (χ1) is 16.6. The zero-order chi connectivity index (χ0) is 23.5. The standard InChI is InChI=1S/C29H29N3O2/c1-3-32(4-2)14-15-34-24-11-13-27-22(17-24)16-23(30-27)19-26-25-18-21(20-8-6-5-7-9-20)10-12-28(25)31-29(26)33/h5-13,16-19,30H,3-4,14-15H2,1-2H3,(H,31,33)/b26-19+. The number of hydrogen-bond donors (Lipinski definition) is 2. The molecule has 172 valence electrons. The number of hydrogen-bond acceptors (Lipinski definition) is 3. The molecule has 0 spiro atoms. The Morgan fingerprint density at radius 3 is 2.53 bits per heavy atom. The average molecular weight is 452 g/mol. The number of amides is 1. The lowest BCUT2D eigenvalue weighted by Crippen LogP contribution is -2.27. The third-order valence-electron chi connectivity index (χ3n) is 6.39. The van der Waals surface area contributed by atoms with E-state index in [0.29, 0.717) is 12.2 Å². The van der Waals surface area contributed by atoms with Crippen molar-refractivity contribution in [1.29, 1.82) is 0 Å². The molecule has 0 atom stereocenters. The van der Waals surface area contributed by atoms with Gasteiger partial charge < -0.3 is 19.9 Å². The number of nitrogens with zero attached hydrogens (tertiary/aromatic N) is 1. The van der Waals surface area contributed by atoms with Gasteiger partial charge in [0.15, 0.2) is 0 Å². The molecule has 0 unspecified atom stereocenters. The van der Waals surface area contributed by atoms with Crippen LogP contribution in [0.3, 0.4) is 0 Å². The Morgan fingerprint density at radius 2 is 1.74 bits per heavy atom. The molecule has 4 aromatic rings. The van der Waals surface area contributed by atoms with Crippen molar-refractivity contribution >= 4 is 34.1 Å². The fourth-order valence-electron chi connectivity index (χ4n) is 4.43. The van der Waals surface area contributed by atoms with E-state index in [0.717, 1.165) is 64.4 Å². The lowest BCUT2D eigenvalue weighted by Gasteiger charge is -2.17. The van der Waals surface area contributed by atoms with Gasteiger partial charge in [-0.25, -0.2) is 0 Å². The molecule has 5 heteroatoms. The Morgan fingerprint density at radius 1 is 0.912 bits per heavy atom. The number of H-pyrrole nitrogens is 1. The average Bonchev–Trinajstić information content (AvgIpc) is 3.41. The molecule has 0 fully saturated rings. The summed E-state index contributed by atoms with van der Waals surface area (Å²) in [5, 5.41) is 4.05. The highest BCUT2D eigenvalue weighted by Crippen LogP contribution is 2.36. The van der Waals surface area contributed by atoms with E-state index in [4.69, 9.17) is 4.74 Å². The van der Waals surface area contributed by atoms with E-state index in [1.807, 2.05) is 54.6 Å². The molecule has 5 rings (SSSR count). The summed E-state index contributed by atoms with van der Waals surface area (Å²) in [6.45, 7) is 7.95. The summed E-state index contributed by atoms with van der Waals surface area (Å²) in [5.41, 5.74) is 6.54. The van der Waals surface area contributed by atoms with Crippen molar-refractivity contribution in [2.24, 2.45) is 0 Å². The molecular formula is C29H29N3O2. The second-order valence-electron chi connectivity index (χ2n) is 8.49. The Bertz CT molecular complexity index is 1350. The highest BCUT2D eigenvalue weighted by Gasteiger charge is 2.24. The van der Waals surface area contributed by atoms with Gasteiger partial charge in [0.2, 0.25) is 0 Å². The predicted octanol–water partition coefficient (Wildman–Crippen LogP) is 6.05. The van der Waals surface area contributed by atoms with E-state index in [9.17, 15) is 4.79 Å². The van der Waals surface area contributed by atoms with Crippen LogP contribution >= 0.6 is 0 Å². The van der Waals surface area contributed by atoms with Crippen LogP contribution in [0.2, 0.25) is 0 Å². The quantitative estimate of drug-likeness (QED) is 0.321. The maximum Gasteiger partial charge on any atom is 0.256 e. The molecule has 0 bridgehead atoms. The number of aromatic nitrogens is 1. The molecule has 0 saturated heterocycles. The van der Waals surface area contributed by atoms with Gasteiger partial charge in [-0.1, -0.05) is 50.2 Å². The summed E-state index contributed by atoms with van der Waals surface area (Å²) >= 11 is 0. The van der Waals surface area contributed by atoms with Crippen molar-refractivity contribution < 1.29 is 9.53 Å². The van der Waals surface area contributed by atoms with Crippen LogP contribution in [0.4, 0.5) is 5.69 Å². The lowest BCUT2D eigenvalue weighted by atomic mass is 9.99. The van der Waals surface area contributed by atoms with Gasteiger partial charge >= 0.3 is 0 Å². The predicted molar refractivity (Wildman–Crippen MR) is 140 cm³/mol. The van der Waals surface area contributed by atoms with Gasteiger partial charge in [-0.15, -0.1) is 0 Å². The van der Waals surface area contributed by atoms with Crippen LogP contribution in [-0.2, 0) is 4.79 Å². The summed E-state index contributed by atoms with van der Waals surface area (Å²) in [5.74, 6) is 0.772. The second kappa shape index (κ2) is 9.57. The number of anilines is 1. The fourth-order valence-corrected chi connectivity index (χ4v) is 4.43. The van der Waals surface area contributed by atoms with E-state index in [-0.39, 0.29) is 5.91 Å². The molecule has 0 saturated carbocycles. The number of benzene rings is 3. The zero-order valence-electron chi connectivity index (χ0n) is 19.6. The van der Waals surface area contributed by atoms with Crippen LogP contribution < -0.4 is 10.1 Å². The molecule has 5 nitrogen and oxygen atoms in total. The van der Waals surface area contributed by atoms with Crippen LogP contribution in [0.1, 0.15) is 25.1 Å². The third-order valence-corrected chi connectivity index (χ3v) is 6.39. The van der Waals surface area contributed by atoms with Gasteiger partial charge in [0.1, 0.15) is 12.4 Å². The fraction of sp³-hybridized carbons (Fsp3) is 0.207. The lowest BCUT2D eigenvalue weighted by molar-refractivity contribution is -0.110. The maximum absolute atomic E-state index is 12.8. The highest BCUT2D eigenvalue weighted by atomic mass is 16.5. The van der Waals surface area contributed by atoms with E-state index in [1.165, 1.54) is 0 Å². The summed E-state index contributed by atoms with van der Waals surface area (Å²) < 4.78 is 5.97. The topological polar surface area (TPSA) is 57.4 Å². The minimum atomic E-state index is -0.0840. The van der Waals surface area contributed by atoms with E-state index < -0.39 is 0 Å². The van der Waals surface area contributed by atoms with Gasteiger partial charge in [0.25, 0.3) is 5.91 Å². The Hall–Kier alpha value is -3.83. The van der Waals surface area contributed by atoms with Crippen LogP contribution in [0.25, 0.3) is 33.7 Å². The summed E-state index contributed by atoms with van der Waals surface area (Å²) in [4.78, 5) is 18.5. The normalized spacial score (nSPS) is 14.1. The van der Waals surface area contributed by atoms with E-state index in [2.05, 4.69) is 53.3 Å². The van der Waals surface area contributed by atoms with Gasteiger partial charge in [-0.05, 0) is 66.7 Å². The minimum absolute atomic E-state index is 0.0840. The van der Waals surface area contributed by atoms with Gasteiger partial charge in [-0.2, -0.15) is 0 Å². The number of rotatable bonds is 8. The summed E-state index contributed by atoms with van der Waals surface area (Å²) in [7, 11) is 0. The molecule has 2 heterocycles. The molecule has 0 radical (unpaired) electrons. The molecule has 1 aliphatic rings. The number of likely N-dealkylation sites (N-methyl/N-ethyl adjacent to an activating group) is 1. The smallest absolute Gasteiger partial charge is 0.256 e. The number of nitrogens with one attached hydrogen (secondary N) is 2. The van der Waals surface area contributed by atoms with Crippen molar-refractivity contribution in [3.8, 4) is 16.9 Å². The van der Waals surface area contributed by atoms with Crippen molar-refractivity contribution in [3.05, 3.63) is 84.1 Å². The van der Waals surface area contributed by atoms with Crippen molar-refractivity contribution in [2.75, 3.05) is 31.6 Å². The number of carbonyl (C=O) groups is 1. The van der Waals surface area contributed by atoms with Gasteiger partial charge in [-0.3, -0.25) is 4.79 Å². The van der Waals surface area contributed by atoms with Gasteiger partial charge in [0, 0.05) is 34.4 Å². The second-order valence-corrected chi connectivity index (χ2v) is 8.49. The zero-order valence-corrected chi connectivity index (χ0v) is 19.6. The van der Waals surface area contributed by atoms with Crippen molar-refractivity contribution in [2.45, 2.75) is 13.8 Å². The summed E-state index contributed by atoms with van der Waals surface area (Å²) in [6.07, 6.45) is 1.93. The Kier molecular flexibility index (Phi) is 6.19. The first kappa shape index (κ1) is 22.0. The SMILES string of the molecule is CCN(CC)CCOc1ccc2[nH]c(/C=C3/C(=O)Nc4ccc(-c5ccccc5)cc43)cc2c1. The molecule has 34 heavy (non-hydrogen) atoms. The van der Waals surface area contributed by atoms with Crippen LogP contribution in [0.5, 0.6) is 5.75 Å². The molecule has 1 aromatic heterocycles. The molecule has 3 aromatic carbocycles. The maximum atomic E-state index is 12.8. The number of carbonyl (C=O) groups excluding carboxylic acids is 1. The monoisotopic (exact) mass is 451 g/mol. The minimum Gasteiger partial charge on any atom is -0.492 e. The first-order valence-electron chi connectivity index (χ1n) is 11.9. The largest absolute Gasteiger partial charge is 0.492 e. The number of ether oxygens (including phenoxy) is 1. The Balaban J connectivity index is 1.40. The molecule has 1 aliphatic heterocycles. The highest BCUT2D eigenvalue weighted by molar-refractivity contribution is 6.35. The van der Waals surface area contributed by atoms with Crippen molar-refractivity contribution in [1.82, 2.24) is 9.88 Å². The number of aromatic amines is 1. The van der Waals surface area contributed by atoms with E-state index >= 15 is 0 Å². The van der Waals surface area contributed by atoms with Crippen LogP contribution in [0, 0.1) is 0 Å². The molecular weight excluding hydrogens is 422 g/mol. The molecule has 0 aliphatic carbocycles. The third kappa shape index (κ3) is 4.47. The molecule has 1 amide bonds. The van der Waals surface area contributed by atoms with E-state index in [1.54, 1.807) is 0 Å². The molecule has 2 N–H and O–H groups in total. The van der Waals surface area contributed by atoms with Crippen LogP contribution in [-0.4, -0.2) is 42.0 Å². The van der Waals surface area contributed by atoms with Gasteiger partial charge in [0.05, 0.1) is 5.57 Å². The van der Waals surface area contributed by atoms with Crippen molar-refractivity contribution in [3.63, 3.8) is 0 Å². The number of fused-ring (bicyclic) bond motifs is 2. The van der Waals surface area contributed by atoms with Crippen LogP contribution in [0.15, 0.2) is 72.8 Å². The summed E-state index contributed by atoms with van der Waals surface area (Å²) in [6, 6.07) is 24.4. The Labute approximate surface area is 200 Å².